The Bertz CT molecular complexity index is 559. The van der Waals surface area contributed by atoms with E-state index in [-0.39, 0.29) is 0 Å². The number of allylic oxidation sites excluding steroid dienone is 11. The number of nitrogens with one attached hydrogen (secondary N) is 1. The molecule has 2 heteroatoms. The molecule has 0 amide bonds. The Hall–Kier alpha value is -1.80. The summed E-state index contributed by atoms with van der Waals surface area (Å²) in [5.74, 6) is 5.97. The van der Waals surface area contributed by atoms with Crippen LogP contribution in [0.4, 0.5) is 0 Å². The maximum atomic E-state index is 5.13. The van der Waals surface area contributed by atoms with Crippen molar-refractivity contribution in [2.75, 3.05) is 0 Å². The molecule has 24 heavy (non-hydrogen) atoms. The molecule has 0 spiro atoms. The zero-order valence-electron chi connectivity index (χ0n) is 15.0. The van der Waals surface area contributed by atoms with Gasteiger partial charge in [-0.1, -0.05) is 59.8 Å². The van der Waals surface area contributed by atoms with Crippen molar-refractivity contribution in [1.29, 1.82) is 0 Å². The first-order valence-electron chi connectivity index (χ1n) is 9.31. The lowest BCUT2D eigenvalue weighted by Gasteiger charge is -2.25. The van der Waals surface area contributed by atoms with Gasteiger partial charge in [-0.15, -0.1) is 0 Å². The molecule has 2 nitrogen and oxygen atoms in total. The summed E-state index contributed by atoms with van der Waals surface area (Å²) in [6.45, 7) is 2.10. The summed E-state index contributed by atoms with van der Waals surface area (Å²) < 4.78 is 0. The first-order chi connectivity index (χ1) is 11.8. The molecule has 0 aromatic carbocycles. The predicted molar refractivity (Wildman–Crippen MR) is 105 cm³/mol. The monoisotopic (exact) mass is 324 g/mol. The van der Waals surface area contributed by atoms with Gasteiger partial charge >= 0.3 is 0 Å². The molecule has 0 heterocycles. The zero-order valence-corrected chi connectivity index (χ0v) is 15.0. The topological polar surface area (TPSA) is 38.0 Å². The molecule has 3 N–H and O–H groups in total. The molecular formula is C22H32N2. The van der Waals surface area contributed by atoms with E-state index in [2.05, 4.69) is 61.0 Å². The molecule has 3 rings (SSSR count). The van der Waals surface area contributed by atoms with E-state index in [1.54, 1.807) is 11.1 Å². The maximum absolute atomic E-state index is 5.13. The van der Waals surface area contributed by atoms with Gasteiger partial charge in [-0.2, -0.15) is 0 Å². The molecular weight excluding hydrogens is 292 g/mol. The molecule has 0 aromatic heterocycles. The van der Waals surface area contributed by atoms with Gasteiger partial charge < -0.3 is 5.43 Å². The highest BCUT2D eigenvalue weighted by Crippen LogP contribution is 2.33. The lowest BCUT2D eigenvalue weighted by Crippen LogP contribution is -2.20. The minimum atomic E-state index is 0.833. The molecule has 130 valence electrons. The molecule has 0 fully saturated rings. The van der Waals surface area contributed by atoms with Crippen LogP contribution in [-0.2, 0) is 0 Å². The van der Waals surface area contributed by atoms with E-state index in [1.165, 1.54) is 38.5 Å². The largest absolute Gasteiger partial charge is 0.324 e. The molecule has 0 aromatic rings. The van der Waals surface area contributed by atoms with Gasteiger partial charge in [0.05, 0.1) is 0 Å². The first kappa shape index (κ1) is 18.5. The van der Waals surface area contributed by atoms with Gasteiger partial charge in [0.25, 0.3) is 0 Å². The van der Waals surface area contributed by atoms with Crippen molar-refractivity contribution in [2.45, 2.75) is 58.3 Å². The van der Waals surface area contributed by atoms with E-state index in [4.69, 9.17) is 5.84 Å². The van der Waals surface area contributed by atoms with E-state index in [0.717, 1.165) is 24.5 Å². The van der Waals surface area contributed by atoms with Crippen LogP contribution in [0.1, 0.15) is 58.3 Å². The third kappa shape index (κ3) is 6.37. The van der Waals surface area contributed by atoms with Crippen molar-refractivity contribution in [3.05, 3.63) is 71.5 Å². The molecule has 1 atom stereocenters. The van der Waals surface area contributed by atoms with E-state index < -0.39 is 0 Å². The van der Waals surface area contributed by atoms with Crippen molar-refractivity contribution in [1.82, 2.24) is 5.43 Å². The predicted octanol–water partition coefficient (Wildman–Crippen LogP) is 5.64. The number of hydrogen-bond donors (Lipinski definition) is 2. The van der Waals surface area contributed by atoms with Crippen LogP contribution in [0.15, 0.2) is 71.5 Å². The van der Waals surface area contributed by atoms with Crippen LogP contribution in [0.2, 0.25) is 0 Å². The normalized spacial score (nSPS) is 23.1. The summed E-state index contributed by atoms with van der Waals surface area (Å²) in [7, 11) is 0. The maximum Gasteiger partial charge on any atom is 0.0442 e. The Morgan fingerprint density at radius 3 is 2.62 bits per heavy atom. The second-order valence-electron chi connectivity index (χ2n) is 6.60. The van der Waals surface area contributed by atoms with Gasteiger partial charge in [-0.05, 0) is 70.3 Å². The summed E-state index contributed by atoms with van der Waals surface area (Å²) in [6.07, 6.45) is 29.8. The molecule has 1 unspecified atom stereocenters. The highest BCUT2D eigenvalue weighted by Gasteiger charge is 2.17. The minimum absolute atomic E-state index is 0.833. The Morgan fingerprint density at radius 2 is 2.08 bits per heavy atom. The molecule has 3 aliphatic rings. The van der Waals surface area contributed by atoms with Crippen LogP contribution in [-0.4, -0.2) is 0 Å². The van der Waals surface area contributed by atoms with Crippen molar-refractivity contribution < 1.29 is 0 Å². The summed E-state index contributed by atoms with van der Waals surface area (Å²) in [6, 6.07) is 0. The Labute approximate surface area is 147 Å². The number of hydrogen-bond acceptors (Lipinski definition) is 2. The molecule has 0 saturated carbocycles. The van der Waals surface area contributed by atoms with E-state index >= 15 is 0 Å². The van der Waals surface area contributed by atoms with E-state index in [9.17, 15) is 0 Å². The van der Waals surface area contributed by atoms with Gasteiger partial charge in [0.15, 0.2) is 0 Å². The Kier molecular flexibility index (Phi) is 8.40. The molecule has 0 bridgehead atoms. The lowest BCUT2D eigenvalue weighted by molar-refractivity contribution is 0.517. The number of rotatable bonds is 4. The SMILES string of the molecule is C/C=C/CC1=CCC(C2=CC=CCC2)CC1.NNC1=CCCC=C1. The highest BCUT2D eigenvalue weighted by atomic mass is 15.2. The minimum Gasteiger partial charge on any atom is -0.324 e. The van der Waals surface area contributed by atoms with Crippen LogP contribution < -0.4 is 11.3 Å². The Morgan fingerprint density at radius 1 is 1.17 bits per heavy atom. The summed E-state index contributed by atoms with van der Waals surface area (Å²) in [5, 5.41) is 0. The fraction of sp³-hybridized carbons (Fsp3) is 0.455. The fourth-order valence-electron chi connectivity index (χ4n) is 3.36. The van der Waals surface area contributed by atoms with Gasteiger partial charge in [0.1, 0.15) is 0 Å². The van der Waals surface area contributed by atoms with Gasteiger partial charge in [0, 0.05) is 5.70 Å². The smallest absolute Gasteiger partial charge is 0.0442 e. The first-order valence-corrected chi connectivity index (χ1v) is 9.31. The summed E-state index contributed by atoms with van der Waals surface area (Å²) in [4.78, 5) is 0. The van der Waals surface area contributed by atoms with Crippen LogP contribution in [0.5, 0.6) is 0 Å². The fourth-order valence-corrected chi connectivity index (χ4v) is 3.36. The Balaban J connectivity index is 0.000000219. The highest BCUT2D eigenvalue weighted by molar-refractivity contribution is 5.23. The van der Waals surface area contributed by atoms with Crippen molar-refractivity contribution in [3.63, 3.8) is 0 Å². The van der Waals surface area contributed by atoms with Crippen molar-refractivity contribution >= 4 is 0 Å². The third-order valence-corrected chi connectivity index (χ3v) is 4.85. The van der Waals surface area contributed by atoms with E-state index in [0.29, 0.717) is 0 Å². The average Bonchev–Trinajstić information content (AvgIpc) is 2.68. The van der Waals surface area contributed by atoms with Gasteiger partial charge in [-0.25, -0.2) is 0 Å². The average molecular weight is 325 g/mol. The van der Waals surface area contributed by atoms with Crippen LogP contribution >= 0.6 is 0 Å². The standard InChI is InChI=1S/C16H22.C6H10N2/c1-2-3-7-14-10-12-16(13-11-14)15-8-5-4-6-9-15;7-8-6-4-2-1-3-5-6/h2-5,8,10,16H,6-7,9,11-13H2,1H3;2,4-5,8H,1,3,7H2/b3-2+;. The molecule has 0 saturated heterocycles. The second kappa shape index (κ2) is 10.9. The van der Waals surface area contributed by atoms with Gasteiger partial charge in [0.2, 0.25) is 0 Å². The second-order valence-corrected chi connectivity index (χ2v) is 6.60. The molecule has 0 radical (unpaired) electrons. The molecule has 0 aliphatic heterocycles. The number of hydrazine groups is 1. The van der Waals surface area contributed by atoms with Crippen molar-refractivity contribution in [3.8, 4) is 0 Å². The summed E-state index contributed by atoms with van der Waals surface area (Å²) >= 11 is 0. The van der Waals surface area contributed by atoms with E-state index in [1.807, 2.05) is 6.08 Å². The molecule has 3 aliphatic carbocycles. The van der Waals surface area contributed by atoms with Gasteiger partial charge in [-0.3, -0.25) is 5.84 Å². The van der Waals surface area contributed by atoms with Crippen LogP contribution in [0.25, 0.3) is 0 Å². The number of nitrogens with two attached hydrogens (primary N) is 1. The lowest BCUT2D eigenvalue weighted by atomic mass is 9.81. The van der Waals surface area contributed by atoms with Crippen LogP contribution in [0.3, 0.4) is 0 Å². The summed E-state index contributed by atoms with van der Waals surface area (Å²) in [5.41, 5.74) is 6.93. The zero-order chi connectivity index (χ0) is 17.0. The third-order valence-electron chi connectivity index (χ3n) is 4.85. The van der Waals surface area contributed by atoms with Crippen molar-refractivity contribution in [2.24, 2.45) is 11.8 Å². The van der Waals surface area contributed by atoms with Crippen LogP contribution in [0, 0.1) is 5.92 Å². The quantitative estimate of drug-likeness (QED) is 0.399.